The van der Waals surface area contributed by atoms with Gasteiger partial charge in [0.05, 0.1) is 5.69 Å². The Hall–Kier alpha value is -1.83. The van der Waals surface area contributed by atoms with Crippen LogP contribution in [0.15, 0.2) is 42.6 Å². The van der Waals surface area contributed by atoms with Crippen LogP contribution in [0.2, 0.25) is 0 Å². The van der Waals surface area contributed by atoms with Gasteiger partial charge in [-0.05, 0) is 30.5 Å². The van der Waals surface area contributed by atoms with Gasteiger partial charge in [0.1, 0.15) is 0 Å². The molecule has 2 heteroatoms. The van der Waals surface area contributed by atoms with Crippen molar-refractivity contribution in [1.29, 1.82) is 0 Å². The third kappa shape index (κ3) is 3.06. The SMILES string of the molecule is CCCCc1ccc(-c2cc(N)ccn2)cc1. The van der Waals surface area contributed by atoms with E-state index in [0.717, 1.165) is 23.4 Å². The molecular formula is C15H18N2. The summed E-state index contributed by atoms with van der Waals surface area (Å²) >= 11 is 0. The molecule has 0 radical (unpaired) electrons. The highest BCUT2D eigenvalue weighted by Crippen LogP contribution is 2.19. The molecule has 0 aliphatic carbocycles. The lowest BCUT2D eigenvalue weighted by atomic mass is 10.0. The number of pyridine rings is 1. The van der Waals surface area contributed by atoms with Crippen molar-refractivity contribution < 1.29 is 0 Å². The summed E-state index contributed by atoms with van der Waals surface area (Å²) in [5, 5.41) is 0. The fourth-order valence-electron chi connectivity index (χ4n) is 1.83. The molecular weight excluding hydrogens is 208 g/mol. The fraction of sp³-hybridized carbons (Fsp3) is 0.267. The van der Waals surface area contributed by atoms with E-state index in [-0.39, 0.29) is 0 Å². The van der Waals surface area contributed by atoms with Gasteiger partial charge in [-0.1, -0.05) is 37.6 Å². The third-order valence-electron chi connectivity index (χ3n) is 2.85. The van der Waals surface area contributed by atoms with E-state index < -0.39 is 0 Å². The quantitative estimate of drug-likeness (QED) is 0.863. The smallest absolute Gasteiger partial charge is 0.0722 e. The van der Waals surface area contributed by atoms with Crippen LogP contribution < -0.4 is 5.73 Å². The topological polar surface area (TPSA) is 38.9 Å². The molecule has 0 saturated heterocycles. The molecule has 2 rings (SSSR count). The van der Waals surface area contributed by atoms with Gasteiger partial charge in [0.15, 0.2) is 0 Å². The number of nitrogens with zero attached hydrogens (tertiary/aromatic N) is 1. The third-order valence-corrected chi connectivity index (χ3v) is 2.85. The minimum atomic E-state index is 0.755. The Morgan fingerprint density at radius 3 is 2.53 bits per heavy atom. The molecule has 0 amide bonds. The Morgan fingerprint density at radius 1 is 1.12 bits per heavy atom. The molecule has 2 aromatic rings. The van der Waals surface area contributed by atoms with Crippen LogP contribution in [0.4, 0.5) is 5.69 Å². The van der Waals surface area contributed by atoms with E-state index in [1.165, 1.54) is 18.4 Å². The number of aryl methyl sites for hydroxylation is 1. The highest BCUT2D eigenvalue weighted by atomic mass is 14.7. The number of hydrogen-bond donors (Lipinski definition) is 1. The normalized spacial score (nSPS) is 10.4. The van der Waals surface area contributed by atoms with Gasteiger partial charge >= 0.3 is 0 Å². The molecule has 0 bridgehead atoms. The predicted molar refractivity (Wildman–Crippen MR) is 72.7 cm³/mol. The van der Waals surface area contributed by atoms with Crippen LogP contribution >= 0.6 is 0 Å². The first-order valence-electron chi connectivity index (χ1n) is 6.10. The molecule has 0 saturated carbocycles. The molecule has 1 aromatic carbocycles. The number of nitrogen functional groups attached to an aromatic ring is 1. The summed E-state index contributed by atoms with van der Waals surface area (Å²) in [6.45, 7) is 2.21. The monoisotopic (exact) mass is 226 g/mol. The van der Waals surface area contributed by atoms with Gasteiger partial charge < -0.3 is 5.73 Å². The van der Waals surface area contributed by atoms with Gasteiger partial charge in [0.2, 0.25) is 0 Å². The number of nitrogens with two attached hydrogens (primary N) is 1. The molecule has 0 unspecified atom stereocenters. The van der Waals surface area contributed by atoms with Crippen LogP contribution in [0.3, 0.4) is 0 Å². The van der Waals surface area contributed by atoms with Crippen molar-refractivity contribution in [2.45, 2.75) is 26.2 Å². The van der Waals surface area contributed by atoms with Gasteiger partial charge in [-0.15, -0.1) is 0 Å². The second-order valence-corrected chi connectivity index (χ2v) is 4.27. The summed E-state index contributed by atoms with van der Waals surface area (Å²) in [4.78, 5) is 4.32. The Morgan fingerprint density at radius 2 is 1.88 bits per heavy atom. The summed E-state index contributed by atoms with van der Waals surface area (Å²) < 4.78 is 0. The highest BCUT2D eigenvalue weighted by molar-refractivity contribution is 5.63. The maximum Gasteiger partial charge on any atom is 0.0722 e. The summed E-state index contributed by atoms with van der Waals surface area (Å²) in [5.41, 5.74) is 9.95. The second kappa shape index (κ2) is 5.48. The van der Waals surface area contributed by atoms with Crippen LogP contribution in [-0.2, 0) is 6.42 Å². The second-order valence-electron chi connectivity index (χ2n) is 4.27. The van der Waals surface area contributed by atoms with Gasteiger partial charge in [-0.3, -0.25) is 4.98 Å². The lowest BCUT2D eigenvalue weighted by molar-refractivity contribution is 0.795. The Labute approximate surface area is 103 Å². The van der Waals surface area contributed by atoms with Crippen molar-refractivity contribution in [3.63, 3.8) is 0 Å². The lowest BCUT2D eigenvalue weighted by Gasteiger charge is -2.04. The fourth-order valence-corrected chi connectivity index (χ4v) is 1.83. The lowest BCUT2D eigenvalue weighted by Crippen LogP contribution is -1.89. The van der Waals surface area contributed by atoms with E-state index in [2.05, 4.69) is 36.2 Å². The molecule has 0 fully saturated rings. The van der Waals surface area contributed by atoms with Crippen LogP contribution in [0, 0.1) is 0 Å². The minimum Gasteiger partial charge on any atom is -0.399 e. The van der Waals surface area contributed by atoms with E-state index in [1.54, 1.807) is 12.3 Å². The zero-order chi connectivity index (χ0) is 12.1. The molecule has 0 atom stereocenters. The zero-order valence-electron chi connectivity index (χ0n) is 10.2. The van der Waals surface area contributed by atoms with E-state index in [0.29, 0.717) is 0 Å². The zero-order valence-corrected chi connectivity index (χ0v) is 10.2. The van der Waals surface area contributed by atoms with Crippen molar-refractivity contribution in [1.82, 2.24) is 4.98 Å². The summed E-state index contributed by atoms with van der Waals surface area (Å²) in [6, 6.07) is 12.3. The van der Waals surface area contributed by atoms with E-state index in [1.807, 2.05) is 6.07 Å². The standard InChI is InChI=1S/C15H18N2/c1-2-3-4-12-5-7-13(8-6-12)15-11-14(16)9-10-17-15/h5-11H,2-4H2,1H3,(H2,16,17). The summed E-state index contributed by atoms with van der Waals surface area (Å²) in [5.74, 6) is 0. The van der Waals surface area contributed by atoms with Crippen LogP contribution in [-0.4, -0.2) is 4.98 Å². The van der Waals surface area contributed by atoms with Crippen LogP contribution in [0.25, 0.3) is 11.3 Å². The largest absolute Gasteiger partial charge is 0.399 e. The molecule has 2 N–H and O–H groups in total. The first-order chi connectivity index (χ1) is 8.29. The highest BCUT2D eigenvalue weighted by Gasteiger charge is 1.99. The average molecular weight is 226 g/mol. The summed E-state index contributed by atoms with van der Waals surface area (Å²) in [7, 11) is 0. The number of anilines is 1. The Bertz CT molecular complexity index is 475. The van der Waals surface area contributed by atoms with Crippen molar-refractivity contribution in [3.8, 4) is 11.3 Å². The maximum absolute atomic E-state index is 5.75. The van der Waals surface area contributed by atoms with Crippen molar-refractivity contribution in [3.05, 3.63) is 48.2 Å². The molecule has 17 heavy (non-hydrogen) atoms. The molecule has 0 spiro atoms. The van der Waals surface area contributed by atoms with Gasteiger partial charge in [0, 0.05) is 17.4 Å². The maximum atomic E-state index is 5.75. The summed E-state index contributed by atoms with van der Waals surface area (Å²) in [6.07, 6.45) is 5.38. The van der Waals surface area contributed by atoms with Crippen LogP contribution in [0.1, 0.15) is 25.3 Å². The predicted octanol–water partition coefficient (Wildman–Crippen LogP) is 3.67. The number of rotatable bonds is 4. The number of aromatic nitrogens is 1. The van der Waals surface area contributed by atoms with Crippen molar-refractivity contribution in [2.75, 3.05) is 5.73 Å². The molecule has 0 aliphatic rings. The molecule has 1 aromatic heterocycles. The number of unbranched alkanes of at least 4 members (excludes halogenated alkanes) is 1. The molecule has 1 heterocycles. The van der Waals surface area contributed by atoms with Crippen LogP contribution in [0.5, 0.6) is 0 Å². The first kappa shape index (κ1) is 11.6. The number of hydrogen-bond acceptors (Lipinski definition) is 2. The molecule has 2 nitrogen and oxygen atoms in total. The van der Waals surface area contributed by atoms with E-state index in [4.69, 9.17) is 5.73 Å². The first-order valence-corrected chi connectivity index (χ1v) is 6.10. The van der Waals surface area contributed by atoms with Crippen molar-refractivity contribution in [2.24, 2.45) is 0 Å². The van der Waals surface area contributed by atoms with Gasteiger partial charge in [-0.2, -0.15) is 0 Å². The molecule has 0 aliphatic heterocycles. The van der Waals surface area contributed by atoms with Gasteiger partial charge in [0.25, 0.3) is 0 Å². The molecule has 88 valence electrons. The van der Waals surface area contributed by atoms with Crippen molar-refractivity contribution >= 4 is 5.69 Å². The Kier molecular flexibility index (Phi) is 3.76. The number of benzene rings is 1. The van der Waals surface area contributed by atoms with E-state index >= 15 is 0 Å². The van der Waals surface area contributed by atoms with Gasteiger partial charge in [-0.25, -0.2) is 0 Å². The van der Waals surface area contributed by atoms with E-state index in [9.17, 15) is 0 Å². The average Bonchev–Trinajstić information content (AvgIpc) is 2.37. The Balaban J connectivity index is 2.17. The minimum absolute atomic E-state index is 0.755.